The van der Waals surface area contributed by atoms with Crippen LogP contribution in [-0.2, 0) is 24.2 Å². The van der Waals surface area contributed by atoms with Crippen LogP contribution in [0.5, 0.6) is 5.75 Å². The second-order valence-electron chi connectivity index (χ2n) is 14.5. The van der Waals surface area contributed by atoms with E-state index in [-0.39, 0.29) is 23.1 Å². The maximum absolute atomic E-state index is 14.1. The van der Waals surface area contributed by atoms with Crippen LogP contribution in [0.25, 0.3) is 0 Å². The number of benzene rings is 1. The van der Waals surface area contributed by atoms with Gasteiger partial charge < -0.3 is 31.8 Å². The Morgan fingerprint density at radius 3 is 2.00 bits per heavy atom. The van der Waals surface area contributed by atoms with Crippen LogP contribution < -0.4 is 22.1 Å². The largest absolute Gasteiger partial charge is 0.508 e. The van der Waals surface area contributed by atoms with Gasteiger partial charge in [0.25, 0.3) is 5.91 Å². The molecule has 8 heteroatoms. The number of nitrogens with one attached hydrogen (secondary N) is 2. The third-order valence-corrected chi connectivity index (χ3v) is 10.7. The summed E-state index contributed by atoms with van der Waals surface area (Å²) < 4.78 is 2.19. The number of carbonyl (C=O) groups excluding carboxylic acids is 2. The molecular formula is C37H57N5O3. The van der Waals surface area contributed by atoms with Crippen molar-refractivity contribution >= 4 is 11.8 Å². The van der Waals surface area contributed by atoms with E-state index in [1.165, 1.54) is 37.8 Å². The van der Waals surface area contributed by atoms with E-state index in [9.17, 15) is 14.7 Å². The number of unbranched alkanes of at least 4 members (excludes halogenated alkanes) is 7. The first-order valence-corrected chi connectivity index (χ1v) is 17.9. The first-order valence-electron chi connectivity index (χ1n) is 17.9. The fraction of sp³-hybridized carbons (Fsp3) is 0.676. The van der Waals surface area contributed by atoms with E-state index in [0.29, 0.717) is 36.4 Å². The van der Waals surface area contributed by atoms with Gasteiger partial charge in [0.15, 0.2) is 0 Å². The maximum atomic E-state index is 14.1. The Hall–Kier alpha value is -2.84. The van der Waals surface area contributed by atoms with Crippen molar-refractivity contribution in [3.8, 4) is 5.75 Å². The van der Waals surface area contributed by atoms with Crippen LogP contribution in [0.1, 0.15) is 118 Å². The summed E-state index contributed by atoms with van der Waals surface area (Å²) in [6.07, 6.45) is 18.3. The van der Waals surface area contributed by atoms with E-state index in [2.05, 4.69) is 21.3 Å². The van der Waals surface area contributed by atoms with Gasteiger partial charge in [-0.25, -0.2) is 0 Å². The monoisotopic (exact) mass is 619 g/mol. The number of rotatable bonds is 19. The molecule has 0 aliphatic heterocycles. The first kappa shape index (κ1) is 33.5. The first-order chi connectivity index (χ1) is 21.9. The molecule has 4 saturated carbocycles. The molecule has 0 saturated heterocycles. The molecule has 2 aromatic rings. The second kappa shape index (κ2) is 16.1. The molecule has 1 atom stereocenters. The number of hydrogen-bond donors (Lipinski definition) is 5. The van der Waals surface area contributed by atoms with E-state index >= 15 is 0 Å². The van der Waals surface area contributed by atoms with Gasteiger partial charge in [-0.05, 0) is 131 Å². The van der Waals surface area contributed by atoms with Crippen molar-refractivity contribution in [1.29, 1.82) is 0 Å². The lowest BCUT2D eigenvalue weighted by atomic mass is 9.53. The Bertz CT molecular complexity index is 1200. The Kier molecular flexibility index (Phi) is 12.0. The quantitative estimate of drug-likeness (QED) is 0.131. The second-order valence-corrected chi connectivity index (χ2v) is 14.5. The van der Waals surface area contributed by atoms with E-state index in [0.717, 1.165) is 89.3 Å². The molecule has 45 heavy (non-hydrogen) atoms. The number of nitrogens with two attached hydrogens (primary N) is 2. The molecule has 0 unspecified atom stereocenters. The molecule has 0 spiro atoms. The number of phenolic OH excluding ortho intramolecular Hbond substituents is 1. The number of hydrogen-bond acceptors (Lipinski definition) is 5. The molecular weight excluding hydrogens is 562 g/mol. The van der Waals surface area contributed by atoms with Crippen LogP contribution in [0.15, 0.2) is 36.4 Å². The molecule has 4 aliphatic carbocycles. The predicted molar refractivity (Wildman–Crippen MR) is 180 cm³/mol. The Balaban J connectivity index is 1.30. The minimum Gasteiger partial charge on any atom is -0.508 e. The fourth-order valence-electron chi connectivity index (χ4n) is 8.86. The number of aromatic nitrogens is 1. The number of aryl methyl sites for hydroxylation is 1. The van der Waals surface area contributed by atoms with Gasteiger partial charge in [0.2, 0.25) is 5.91 Å². The molecule has 4 bridgehead atoms. The summed E-state index contributed by atoms with van der Waals surface area (Å²) in [5, 5.41) is 16.5. The molecule has 1 heterocycles. The van der Waals surface area contributed by atoms with Gasteiger partial charge in [-0.2, -0.15) is 0 Å². The van der Waals surface area contributed by atoms with Crippen molar-refractivity contribution in [2.45, 2.75) is 127 Å². The maximum Gasteiger partial charge on any atom is 0.268 e. The number of amides is 2. The molecule has 0 radical (unpaired) electrons. The van der Waals surface area contributed by atoms with Gasteiger partial charge in [-0.15, -0.1) is 0 Å². The Morgan fingerprint density at radius 1 is 0.800 bits per heavy atom. The van der Waals surface area contributed by atoms with Crippen molar-refractivity contribution < 1.29 is 14.7 Å². The number of carbonyl (C=O) groups is 2. The molecule has 2 amide bonds. The van der Waals surface area contributed by atoms with Crippen molar-refractivity contribution in [2.75, 3.05) is 13.1 Å². The normalized spacial score (nSPS) is 24.1. The van der Waals surface area contributed by atoms with E-state index in [1.807, 2.05) is 18.2 Å². The topological polar surface area (TPSA) is 135 Å². The van der Waals surface area contributed by atoms with Crippen molar-refractivity contribution in [1.82, 2.24) is 15.2 Å². The predicted octanol–water partition coefficient (Wildman–Crippen LogP) is 5.59. The van der Waals surface area contributed by atoms with Crippen LogP contribution >= 0.6 is 0 Å². The van der Waals surface area contributed by atoms with Crippen LogP contribution in [0.3, 0.4) is 0 Å². The molecule has 4 fully saturated rings. The zero-order valence-corrected chi connectivity index (χ0v) is 27.3. The lowest BCUT2D eigenvalue weighted by molar-refractivity contribution is -0.128. The SMILES string of the molecule is NCCCCCCCc1ccc(C(=O)N[C@@H](Cc2ccc(O)cc2)C(=O)NC23CC4CC(CC(C4)C2)C3)n1CCCCCCN. The van der Waals surface area contributed by atoms with Crippen molar-refractivity contribution in [3.63, 3.8) is 0 Å². The molecule has 248 valence electrons. The molecule has 1 aromatic heterocycles. The van der Waals surface area contributed by atoms with Gasteiger partial charge in [-0.1, -0.05) is 44.2 Å². The van der Waals surface area contributed by atoms with Crippen LogP contribution in [0.4, 0.5) is 0 Å². The third kappa shape index (κ3) is 9.13. The minimum absolute atomic E-state index is 0.0871. The van der Waals surface area contributed by atoms with Crippen molar-refractivity contribution in [2.24, 2.45) is 29.2 Å². The summed E-state index contributed by atoms with van der Waals surface area (Å²) in [4.78, 5) is 28.1. The standard InChI is InChI=1S/C37H57N5O3/c38-17-7-3-1-2-6-10-31-13-16-34(42(31)19-9-5-4-8-18-39)36(45)40-33(23-27-11-14-32(43)15-12-27)35(44)41-37-24-28-20-29(25-37)22-30(21-28)26-37/h11-16,28-30,33,43H,1-10,17-26,38-39H2,(H,40,45)(H,41,44)/t28?,29?,30?,33-,37?/m0/s1. The molecule has 1 aromatic carbocycles. The number of aromatic hydroxyl groups is 1. The number of nitrogens with zero attached hydrogens (tertiary/aromatic N) is 1. The zero-order chi connectivity index (χ0) is 31.6. The molecule has 7 N–H and O–H groups in total. The highest BCUT2D eigenvalue weighted by Gasteiger charge is 2.52. The van der Waals surface area contributed by atoms with Gasteiger partial charge in [0, 0.05) is 24.2 Å². The fourth-order valence-corrected chi connectivity index (χ4v) is 8.86. The van der Waals surface area contributed by atoms with Crippen LogP contribution in [0, 0.1) is 17.8 Å². The lowest BCUT2D eigenvalue weighted by Gasteiger charge is -2.57. The average molecular weight is 620 g/mol. The van der Waals surface area contributed by atoms with E-state index in [4.69, 9.17) is 11.5 Å². The van der Waals surface area contributed by atoms with E-state index < -0.39 is 6.04 Å². The Labute approximate surface area is 270 Å². The van der Waals surface area contributed by atoms with E-state index in [1.54, 1.807) is 12.1 Å². The minimum atomic E-state index is -0.700. The van der Waals surface area contributed by atoms with Crippen molar-refractivity contribution in [3.05, 3.63) is 53.3 Å². The van der Waals surface area contributed by atoms with Gasteiger partial charge in [0.05, 0.1) is 0 Å². The van der Waals surface area contributed by atoms with Crippen LogP contribution in [-0.4, -0.2) is 46.2 Å². The highest BCUT2D eigenvalue weighted by atomic mass is 16.3. The Morgan fingerprint density at radius 2 is 1.38 bits per heavy atom. The molecule has 6 rings (SSSR count). The average Bonchev–Trinajstić information content (AvgIpc) is 3.41. The van der Waals surface area contributed by atoms with Gasteiger partial charge >= 0.3 is 0 Å². The summed E-state index contributed by atoms with van der Waals surface area (Å²) in [5.41, 5.74) is 14.0. The van der Waals surface area contributed by atoms with Gasteiger partial charge in [0.1, 0.15) is 17.5 Å². The highest BCUT2D eigenvalue weighted by Crippen LogP contribution is 2.55. The number of phenols is 1. The summed E-state index contributed by atoms with van der Waals surface area (Å²) in [7, 11) is 0. The molecule has 4 aliphatic rings. The molecule has 8 nitrogen and oxygen atoms in total. The smallest absolute Gasteiger partial charge is 0.268 e. The van der Waals surface area contributed by atoms with Crippen LogP contribution in [0.2, 0.25) is 0 Å². The summed E-state index contributed by atoms with van der Waals surface area (Å²) in [6, 6.07) is 10.3. The summed E-state index contributed by atoms with van der Waals surface area (Å²) in [6.45, 7) is 2.24. The lowest BCUT2D eigenvalue weighted by Crippen LogP contribution is -2.63. The van der Waals surface area contributed by atoms with Gasteiger partial charge in [-0.3, -0.25) is 9.59 Å². The summed E-state index contributed by atoms with van der Waals surface area (Å²) >= 11 is 0. The third-order valence-electron chi connectivity index (χ3n) is 10.7. The summed E-state index contributed by atoms with van der Waals surface area (Å²) in [5.74, 6) is 2.05. The zero-order valence-electron chi connectivity index (χ0n) is 27.3. The highest BCUT2D eigenvalue weighted by molar-refractivity contribution is 5.97.